The highest BCUT2D eigenvalue weighted by Crippen LogP contribution is 2.51. The van der Waals surface area contributed by atoms with Crippen molar-refractivity contribution in [2.24, 2.45) is 11.7 Å². The maximum Gasteiger partial charge on any atom is 0.419 e. The first kappa shape index (κ1) is 33.6. The zero-order valence-corrected chi connectivity index (χ0v) is 27.2. The number of hydrogen-bond donors (Lipinski definition) is 2. The van der Waals surface area contributed by atoms with Crippen molar-refractivity contribution < 1.29 is 32.3 Å². The molecule has 2 heterocycles. The minimum atomic E-state index is -4.13. The number of carbonyl (C=O) groups is 4. The molecule has 12 nitrogen and oxygen atoms in total. The van der Waals surface area contributed by atoms with E-state index >= 15 is 0 Å². The van der Waals surface area contributed by atoms with E-state index in [1.165, 1.54) is 11.9 Å². The Hall–Kier alpha value is -3.32. The summed E-state index contributed by atoms with van der Waals surface area (Å²) in [6, 6.07) is 2.95. The van der Waals surface area contributed by atoms with Crippen LogP contribution in [0.1, 0.15) is 72.1 Å². The normalized spacial score (nSPS) is 27.1. The number of amides is 5. The molecule has 1 aliphatic carbocycles. The van der Waals surface area contributed by atoms with Gasteiger partial charge in [-0.05, 0) is 83.6 Å². The Morgan fingerprint density at radius 3 is 2.41 bits per heavy atom. The molecule has 1 saturated heterocycles. The predicted octanol–water partition coefficient (Wildman–Crippen LogP) is 4.13. The summed E-state index contributed by atoms with van der Waals surface area (Å²) in [5.74, 6) is -1.69. The number of nitrogens with two attached hydrogens (primary N) is 1. The number of primary amides is 1. The van der Waals surface area contributed by atoms with Gasteiger partial charge in [0.15, 0.2) is 4.87 Å². The molecule has 0 bridgehead atoms. The van der Waals surface area contributed by atoms with E-state index in [0.717, 1.165) is 10.7 Å². The minimum absolute atomic E-state index is 0.141. The van der Waals surface area contributed by atoms with Crippen LogP contribution >= 0.6 is 11.6 Å². The fourth-order valence-corrected chi connectivity index (χ4v) is 7.99. The molecule has 14 heteroatoms. The standard InChI is InChI=1S/C30H42ClN5O7S/c1-29(2,3)43-28(40)36(27(32)39)24-12-9-7-5-6-8-11-20-19-30(20,33-25(37)23-13-10-18-35(23)26(24)38)44(41,42)34(4)22-16-14-21(31)15-17-22/h8,11,14-17,20,23-24H,5-7,9-10,12-13,18-19H2,1-4H3,(H2,32,39)(H,33,37)/b11-8-. The zero-order chi connectivity index (χ0) is 32.4. The Labute approximate surface area is 263 Å². The van der Waals surface area contributed by atoms with Crippen LogP contribution in [0, 0.1) is 5.92 Å². The van der Waals surface area contributed by atoms with Crippen LogP contribution in [0.4, 0.5) is 15.3 Å². The molecule has 0 aromatic heterocycles. The minimum Gasteiger partial charge on any atom is -0.443 e. The lowest BCUT2D eigenvalue weighted by atomic mass is 10.0. The van der Waals surface area contributed by atoms with Gasteiger partial charge in [0, 0.05) is 24.5 Å². The van der Waals surface area contributed by atoms with E-state index < -0.39 is 62.4 Å². The molecule has 5 amide bonds. The van der Waals surface area contributed by atoms with Gasteiger partial charge in [-0.25, -0.2) is 22.9 Å². The van der Waals surface area contributed by atoms with Crippen LogP contribution in [-0.4, -0.2) is 78.3 Å². The van der Waals surface area contributed by atoms with Crippen molar-refractivity contribution in [2.45, 2.75) is 94.7 Å². The van der Waals surface area contributed by atoms with Gasteiger partial charge in [0.25, 0.3) is 10.0 Å². The third kappa shape index (κ3) is 6.98. The quantitative estimate of drug-likeness (QED) is 0.463. The summed E-state index contributed by atoms with van der Waals surface area (Å²) in [5, 5.41) is 3.27. The first-order chi connectivity index (χ1) is 20.6. The van der Waals surface area contributed by atoms with Crippen LogP contribution in [-0.2, 0) is 24.3 Å². The number of urea groups is 1. The lowest BCUT2D eigenvalue weighted by Gasteiger charge is -2.35. The Morgan fingerprint density at radius 1 is 1.09 bits per heavy atom. The second-order valence-corrected chi connectivity index (χ2v) is 15.3. The molecule has 4 atom stereocenters. The van der Waals surface area contributed by atoms with Gasteiger partial charge in [-0.2, -0.15) is 0 Å². The number of benzene rings is 1. The van der Waals surface area contributed by atoms with Gasteiger partial charge in [0.1, 0.15) is 17.7 Å². The number of nitrogens with one attached hydrogen (secondary N) is 1. The summed E-state index contributed by atoms with van der Waals surface area (Å²) in [7, 11) is -2.70. The molecule has 4 rings (SSSR count). The second kappa shape index (κ2) is 13.0. The maximum absolute atomic E-state index is 14.1. The maximum atomic E-state index is 14.1. The molecule has 3 aliphatic rings. The molecule has 242 valence electrons. The van der Waals surface area contributed by atoms with Gasteiger partial charge in [0.05, 0.1) is 5.69 Å². The molecule has 1 aromatic carbocycles. The van der Waals surface area contributed by atoms with Crippen molar-refractivity contribution in [3.63, 3.8) is 0 Å². The van der Waals surface area contributed by atoms with Crippen molar-refractivity contribution in [1.29, 1.82) is 0 Å². The highest BCUT2D eigenvalue weighted by Gasteiger charge is 2.66. The lowest BCUT2D eigenvalue weighted by Crippen LogP contribution is -2.59. The highest BCUT2D eigenvalue weighted by molar-refractivity contribution is 7.94. The van der Waals surface area contributed by atoms with Gasteiger partial charge in [-0.1, -0.05) is 36.6 Å². The van der Waals surface area contributed by atoms with E-state index in [4.69, 9.17) is 22.1 Å². The predicted molar refractivity (Wildman–Crippen MR) is 166 cm³/mol. The summed E-state index contributed by atoms with van der Waals surface area (Å²) in [5.41, 5.74) is 5.06. The summed E-state index contributed by atoms with van der Waals surface area (Å²) in [4.78, 5) is 53.9. The number of sulfonamides is 1. The van der Waals surface area contributed by atoms with E-state index in [-0.39, 0.29) is 25.8 Å². The fraction of sp³-hybridized carbons (Fsp3) is 0.600. The summed E-state index contributed by atoms with van der Waals surface area (Å²) < 4.78 is 34.7. The van der Waals surface area contributed by atoms with Crippen LogP contribution in [0.3, 0.4) is 0 Å². The number of anilines is 1. The largest absolute Gasteiger partial charge is 0.443 e. The van der Waals surface area contributed by atoms with Gasteiger partial charge >= 0.3 is 12.1 Å². The van der Waals surface area contributed by atoms with Crippen molar-refractivity contribution in [3.05, 3.63) is 41.4 Å². The molecule has 1 aromatic rings. The van der Waals surface area contributed by atoms with Crippen LogP contribution in [0.2, 0.25) is 5.02 Å². The average molecular weight is 652 g/mol. The molecule has 4 unspecified atom stereocenters. The number of ether oxygens (including phenoxy) is 1. The Morgan fingerprint density at radius 2 is 1.77 bits per heavy atom. The molecule has 2 aliphatic heterocycles. The summed E-state index contributed by atoms with van der Waals surface area (Å²) in [6.45, 7) is 5.10. The molecule has 3 N–H and O–H groups in total. The number of carbonyl (C=O) groups excluding carboxylic acids is 4. The highest BCUT2D eigenvalue weighted by atomic mass is 35.5. The lowest BCUT2D eigenvalue weighted by molar-refractivity contribution is -0.142. The van der Waals surface area contributed by atoms with Gasteiger partial charge in [0.2, 0.25) is 11.8 Å². The first-order valence-corrected chi connectivity index (χ1v) is 16.8. The molecule has 2 fully saturated rings. The summed E-state index contributed by atoms with van der Waals surface area (Å²) in [6.07, 6.45) is 6.36. The van der Waals surface area contributed by atoms with Crippen molar-refractivity contribution in [2.75, 3.05) is 17.9 Å². The molecule has 0 radical (unpaired) electrons. The third-order valence-corrected chi connectivity index (χ3v) is 11.0. The van der Waals surface area contributed by atoms with E-state index in [9.17, 15) is 27.6 Å². The Balaban J connectivity index is 1.67. The smallest absolute Gasteiger partial charge is 0.419 e. The second-order valence-electron chi connectivity index (χ2n) is 12.6. The molecular formula is C30H42ClN5O7S. The number of allylic oxidation sites excluding steroid dienone is 1. The Kier molecular flexibility index (Phi) is 9.89. The van der Waals surface area contributed by atoms with E-state index in [0.29, 0.717) is 41.3 Å². The van der Waals surface area contributed by atoms with Gasteiger partial charge in [-0.15, -0.1) is 0 Å². The fourth-order valence-electron chi connectivity index (χ4n) is 5.90. The average Bonchev–Trinajstić information content (AvgIpc) is 3.41. The van der Waals surface area contributed by atoms with E-state index in [2.05, 4.69) is 5.32 Å². The third-order valence-electron chi connectivity index (χ3n) is 8.29. The number of imide groups is 1. The van der Waals surface area contributed by atoms with Crippen molar-refractivity contribution >= 4 is 51.3 Å². The zero-order valence-electron chi connectivity index (χ0n) is 25.6. The molecule has 1 saturated carbocycles. The molecule has 44 heavy (non-hydrogen) atoms. The Bertz CT molecular complexity index is 1410. The first-order valence-electron chi connectivity index (χ1n) is 14.9. The van der Waals surface area contributed by atoms with Gasteiger partial charge < -0.3 is 20.7 Å². The summed E-state index contributed by atoms with van der Waals surface area (Å²) >= 11 is 6.01. The van der Waals surface area contributed by atoms with Crippen LogP contribution in [0.25, 0.3) is 0 Å². The molecule has 0 spiro atoms. The molecular weight excluding hydrogens is 610 g/mol. The van der Waals surface area contributed by atoms with Crippen molar-refractivity contribution in [3.8, 4) is 0 Å². The van der Waals surface area contributed by atoms with E-state index in [1.807, 2.05) is 12.2 Å². The number of hydrogen-bond acceptors (Lipinski definition) is 7. The van der Waals surface area contributed by atoms with Gasteiger partial charge in [-0.3, -0.25) is 13.9 Å². The number of fused-ring (bicyclic) bond motifs is 2. The SMILES string of the molecule is CN(c1ccc(Cl)cc1)S(=O)(=O)C12CC1/C=C\CCCCCC(N(C(N)=O)C(=O)OC(C)(C)C)C(=O)N1CCCC1C(=O)N2. The monoisotopic (exact) mass is 651 g/mol. The number of rotatable bonds is 4. The van der Waals surface area contributed by atoms with Crippen LogP contribution in [0.15, 0.2) is 36.4 Å². The number of nitrogens with zero attached hydrogens (tertiary/aromatic N) is 3. The van der Waals surface area contributed by atoms with Crippen molar-refractivity contribution in [1.82, 2.24) is 15.1 Å². The topological polar surface area (TPSA) is 159 Å². The van der Waals surface area contributed by atoms with E-state index in [1.54, 1.807) is 45.0 Å². The van der Waals surface area contributed by atoms with Crippen LogP contribution < -0.4 is 15.4 Å². The van der Waals surface area contributed by atoms with Crippen LogP contribution in [0.5, 0.6) is 0 Å². The number of halogens is 1.